The summed E-state index contributed by atoms with van der Waals surface area (Å²) in [6.07, 6.45) is 3.44. The molecule has 2 rings (SSSR count). The maximum absolute atomic E-state index is 14.5. The molecule has 1 nitrogen and oxygen atoms in total. The number of hydrogen-bond acceptors (Lipinski definition) is 1. The fraction of sp³-hybridized carbons (Fsp3) is 0.625. The predicted molar refractivity (Wildman–Crippen MR) is 86.9 cm³/mol. The van der Waals surface area contributed by atoms with E-state index in [1.807, 2.05) is 12.1 Å². The van der Waals surface area contributed by atoms with E-state index >= 15 is 0 Å². The Morgan fingerprint density at radius 1 is 1.40 bits per heavy atom. The summed E-state index contributed by atoms with van der Waals surface area (Å²) in [5.74, 6) is 1.17. The van der Waals surface area contributed by atoms with Gasteiger partial charge in [-0.15, -0.1) is 0 Å². The van der Waals surface area contributed by atoms with Crippen LogP contribution in [0.3, 0.4) is 0 Å². The Morgan fingerprint density at radius 2 is 2.15 bits per heavy atom. The predicted octanol–water partition coefficient (Wildman–Crippen LogP) is 5.37. The summed E-state index contributed by atoms with van der Waals surface area (Å²) in [4.78, 5) is 0. The molecular weight excluding hydrogens is 341 g/mol. The van der Waals surface area contributed by atoms with Crippen LogP contribution in [0.25, 0.3) is 0 Å². The van der Waals surface area contributed by atoms with Crippen molar-refractivity contribution < 1.29 is 4.39 Å². The van der Waals surface area contributed by atoms with Crippen LogP contribution < -0.4 is 5.32 Å². The molecule has 1 N–H and O–H groups in total. The molecule has 0 amide bonds. The number of benzene rings is 1. The molecule has 0 aliphatic heterocycles. The van der Waals surface area contributed by atoms with E-state index in [4.69, 9.17) is 11.6 Å². The van der Waals surface area contributed by atoms with Gasteiger partial charge in [0.05, 0.1) is 5.02 Å². The van der Waals surface area contributed by atoms with Crippen molar-refractivity contribution in [3.05, 3.63) is 33.0 Å². The average Bonchev–Trinajstić information content (AvgIpc) is 2.44. The molecule has 1 fully saturated rings. The maximum atomic E-state index is 14.5. The normalized spacial score (nSPS) is 26.8. The molecule has 1 saturated carbocycles. The second kappa shape index (κ2) is 7.24. The molecule has 4 heteroatoms. The van der Waals surface area contributed by atoms with Gasteiger partial charge < -0.3 is 5.32 Å². The van der Waals surface area contributed by atoms with Crippen LogP contribution in [0.15, 0.2) is 16.6 Å². The first-order valence-corrected chi connectivity index (χ1v) is 8.55. The van der Waals surface area contributed by atoms with E-state index in [0.29, 0.717) is 16.3 Å². The lowest BCUT2D eigenvalue weighted by molar-refractivity contribution is 0.239. The number of nitrogens with one attached hydrogen (secondary N) is 1. The zero-order chi connectivity index (χ0) is 14.7. The second-order valence-corrected chi connectivity index (χ2v) is 7.09. The minimum Gasteiger partial charge on any atom is -0.317 e. The van der Waals surface area contributed by atoms with Gasteiger partial charge in [-0.25, -0.2) is 4.39 Å². The summed E-state index contributed by atoms with van der Waals surface area (Å²) < 4.78 is 15.1. The molecule has 1 aromatic rings. The van der Waals surface area contributed by atoms with Crippen molar-refractivity contribution in [2.45, 2.75) is 39.0 Å². The summed E-state index contributed by atoms with van der Waals surface area (Å²) in [5.41, 5.74) is 0.785. The Morgan fingerprint density at radius 3 is 2.85 bits per heavy atom. The SMILES string of the molecule is CCNCC1CCC(C)CC1c1ccc(Br)c(Cl)c1F. The van der Waals surface area contributed by atoms with Crippen molar-refractivity contribution in [1.29, 1.82) is 0 Å². The zero-order valence-electron chi connectivity index (χ0n) is 12.1. The summed E-state index contributed by atoms with van der Waals surface area (Å²) in [5, 5.41) is 3.62. The van der Waals surface area contributed by atoms with Gasteiger partial charge in [-0.1, -0.05) is 37.9 Å². The Labute approximate surface area is 134 Å². The molecule has 0 radical (unpaired) electrons. The van der Waals surface area contributed by atoms with Gasteiger partial charge in [0.2, 0.25) is 0 Å². The molecule has 3 atom stereocenters. The molecule has 1 aliphatic rings. The van der Waals surface area contributed by atoms with Crippen LogP contribution in [0.1, 0.15) is 44.6 Å². The van der Waals surface area contributed by atoms with E-state index in [9.17, 15) is 4.39 Å². The molecule has 0 bridgehead atoms. The lowest BCUT2D eigenvalue weighted by Gasteiger charge is -2.35. The van der Waals surface area contributed by atoms with Crippen LogP contribution in [-0.4, -0.2) is 13.1 Å². The Kier molecular flexibility index (Phi) is 5.88. The fourth-order valence-corrected chi connectivity index (χ4v) is 3.70. The van der Waals surface area contributed by atoms with Crippen molar-refractivity contribution in [2.75, 3.05) is 13.1 Å². The highest BCUT2D eigenvalue weighted by Gasteiger charge is 2.32. The molecule has 0 heterocycles. The smallest absolute Gasteiger partial charge is 0.146 e. The van der Waals surface area contributed by atoms with E-state index in [0.717, 1.165) is 31.5 Å². The summed E-state index contributed by atoms with van der Waals surface area (Å²) in [7, 11) is 0. The summed E-state index contributed by atoms with van der Waals surface area (Å²) >= 11 is 9.34. The molecule has 1 aliphatic carbocycles. The summed E-state index contributed by atoms with van der Waals surface area (Å²) in [6, 6.07) is 3.76. The third-order valence-electron chi connectivity index (χ3n) is 4.38. The Hall–Kier alpha value is -0.120. The fourth-order valence-electron chi connectivity index (χ4n) is 3.23. The van der Waals surface area contributed by atoms with Crippen LogP contribution in [0.4, 0.5) is 4.39 Å². The van der Waals surface area contributed by atoms with Gasteiger partial charge in [0.25, 0.3) is 0 Å². The number of hydrogen-bond donors (Lipinski definition) is 1. The maximum Gasteiger partial charge on any atom is 0.146 e. The van der Waals surface area contributed by atoms with Crippen LogP contribution in [0.2, 0.25) is 5.02 Å². The highest BCUT2D eigenvalue weighted by Crippen LogP contribution is 2.43. The minimum absolute atomic E-state index is 0.211. The molecular formula is C16H22BrClFN. The van der Waals surface area contributed by atoms with Crippen LogP contribution >= 0.6 is 27.5 Å². The second-order valence-electron chi connectivity index (χ2n) is 5.86. The van der Waals surface area contributed by atoms with Gasteiger partial charge in [0.15, 0.2) is 0 Å². The van der Waals surface area contributed by atoms with Gasteiger partial charge in [0, 0.05) is 4.47 Å². The zero-order valence-corrected chi connectivity index (χ0v) is 14.4. The molecule has 20 heavy (non-hydrogen) atoms. The number of rotatable bonds is 4. The Balaban J connectivity index is 2.28. The summed E-state index contributed by atoms with van der Waals surface area (Å²) in [6.45, 7) is 6.29. The van der Waals surface area contributed by atoms with E-state index in [1.165, 1.54) is 6.42 Å². The van der Waals surface area contributed by atoms with Gasteiger partial charge >= 0.3 is 0 Å². The highest BCUT2D eigenvalue weighted by molar-refractivity contribution is 9.10. The monoisotopic (exact) mass is 361 g/mol. The van der Waals surface area contributed by atoms with Gasteiger partial charge in [-0.3, -0.25) is 0 Å². The van der Waals surface area contributed by atoms with Gasteiger partial charge in [-0.2, -0.15) is 0 Å². The molecule has 0 spiro atoms. The molecule has 112 valence electrons. The first-order chi connectivity index (χ1) is 9.54. The highest BCUT2D eigenvalue weighted by atomic mass is 79.9. The molecule has 0 saturated heterocycles. The van der Waals surface area contributed by atoms with Gasteiger partial charge in [-0.05, 0) is 71.2 Å². The topological polar surface area (TPSA) is 12.0 Å². The largest absolute Gasteiger partial charge is 0.317 e. The van der Waals surface area contributed by atoms with Crippen molar-refractivity contribution in [3.63, 3.8) is 0 Å². The van der Waals surface area contributed by atoms with Crippen LogP contribution in [-0.2, 0) is 0 Å². The van der Waals surface area contributed by atoms with E-state index in [-0.39, 0.29) is 16.8 Å². The molecule has 1 aromatic carbocycles. The number of halogens is 3. The first-order valence-electron chi connectivity index (χ1n) is 7.38. The van der Waals surface area contributed by atoms with Gasteiger partial charge in [0.1, 0.15) is 5.82 Å². The Bertz CT molecular complexity index is 464. The minimum atomic E-state index is -0.248. The molecule has 0 aromatic heterocycles. The standard InChI is InChI=1S/C16H22BrClFN/c1-3-20-9-11-5-4-10(2)8-13(11)12-6-7-14(17)15(18)16(12)19/h6-7,10-11,13,20H,3-5,8-9H2,1-2H3. The third-order valence-corrected chi connectivity index (χ3v) is 5.64. The lowest BCUT2D eigenvalue weighted by Crippen LogP contribution is -2.32. The van der Waals surface area contributed by atoms with Crippen LogP contribution in [0, 0.1) is 17.7 Å². The average molecular weight is 363 g/mol. The van der Waals surface area contributed by atoms with Crippen molar-refractivity contribution in [2.24, 2.45) is 11.8 Å². The van der Waals surface area contributed by atoms with E-state index < -0.39 is 0 Å². The quantitative estimate of drug-likeness (QED) is 0.710. The van der Waals surface area contributed by atoms with E-state index in [1.54, 1.807) is 0 Å². The third kappa shape index (κ3) is 3.55. The first kappa shape index (κ1) is 16.3. The van der Waals surface area contributed by atoms with Crippen molar-refractivity contribution >= 4 is 27.5 Å². The van der Waals surface area contributed by atoms with Crippen LogP contribution in [0.5, 0.6) is 0 Å². The van der Waals surface area contributed by atoms with Crippen molar-refractivity contribution in [1.82, 2.24) is 5.32 Å². The molecule has 3 unspecified atom stereocenters. The van der Waals surface area contributed by atoms with E-state index in [2.05, 4.69) is 35.1 Å². The lowest BCUT2D eigenvalue weighted by atomic mass is 9.71. The van der Waals surface area contributed by atoms with Crippen molar-refractivity contribution in [3.8, 4) is 0 Å².